The molecule has 7 heteroatoms. The number of fused-ring (bicyclic) bond motifs is 3. The van der Waals surface area contributed by atoms with E-state index in [4.69, 9.17) is 14.2 Å². The van der Waals surface area contributed by atoms with E-state index in [2.05, 4.69) is 80.6 Å². The Morgan fingerprint density at radius 3 is 2.30 bits per heavy atom. The number of esters is 1. The number of carboxylic acids is 1. The molecule has 0 aromatic heterocycles. The van der Waals surface area contributed by atoms with Gasteiger partial charge in [-0.1, -0.05) is 74.0 Å². The van der Waals surface area contributed by atoms with Gasteiger partial charge in [-0.2, -0.15) is 0 Å². The number of rotatable bonds is 9. The van der Waals surface area contributed by atoms with Crippen LogP contribution in [0.5, 0.6) is 0 Å². The van der Waals surface area contributed by atoms with Crippen LogP contribution in [0.3, 0.4) is 0 Å². The Kier molecular flexibility index (Phi) is 9.25. The molecule has 1 saturated heterocycles. The van der Waals surface area contributed by atoms with Crippen molar-refractivity contribution in [2.75, 3.05) is 26.9 Å². The molecule has 4 aliphatic carbocycles. The van der Waals surface area contributed by atoms with Crippen LogP contribution in [-0.2, 0) is 23.8 Å². The smallest absolute Gasteiger partial charge is 0.307 e. The third-order valence-electron chi connectivity index (χ3n) is 15.8. The molecule has 5 aliphatic rings. The second kappa shape index (κ2) is 11.9. The molecule has 3 saturated carbocycles. The molecule has 7 nitrogen and oxygen atoms in total. The van der Waals surface area contributed by atoms with Crippen LogP contribution >= 0.6 is 0 Å². The molecule has 262 valence electrons. The average Bonchev–Trinajstić information content (AvgIpc) is 2.96. The van der Waals surface area contributed by atoms with Crippen molar-refractivity contribution >= 4 is 11.9 Å². The Balaban J connectivity index is 1.57. The topological polar surface area (TPSA) is 94.1 Å². The lowest BCUT2D eigenvalue weighted by molar-refractivity contribution is -0.269. The Morgan fingerprint density at radius 2 is 1.74 bits per heavy atom. The number of hydrogen-bond acceptors (Lipinski definition) is 6. The predicted molar refractivity (Wildman–Crippen MR) is 181 cm³/mol. The number of carbonyl (C=O) groups is 2. The van der Waals surface area contributed by atoms with Crippen LogP contribution < -0.4 is 5.32 Å². The molecular formula is C39H65NO6. The molecule has 0 amide bonds. The first-order chi connectivity index (χ1) is 21.3. The molecule has 1 unspecified atom stereocenters. The molecule has 1 heterocycles. The number of ether oxygens (including phenoxy) is 3. The van der Waals surface area contributed by atoms with Crippen molar-refractivity contribution in [3.8, 4) is 0 Å². The zero-order valence-corrected chi connectivity index (χ0v) is 31.0. The van der Waals surface area contributed by atoms with E-state index in [1.54, 1.807) is 0 Å². The first kappa shape index (κ1) is 35.9. The summed E-state index contributed by atoms with van der Waals surface area (Å²) in [7, 11) is 1.99. The fraction of sp³-hybridized carbons (Fsp3) is 0.897. The van der Waals surface area contributed by atoms with Crippen molar-refractivity contribution in [2.24, 2.45) is 62.6 Å². The van der Waals surface area contributed by atoms with E-state index in [9.17, 15) is 14.7 Å². The van der Waals surface area contributed by atoms with Gasteiger partial charge in [-0.3, -0.25) is 9.59 Å². The van der Waals surface area contributed by atoms with Gasteiger partial charge in [-0.15, -0.1) is 0 Å². The first-order valence-corrected chi connectivity index (χ1v) is 18.3. The van der Waals surface area contributed by atoms with Crippen molar-refractivity contribution < 1.29 is 28.9 Å². The SMILES string of the molecule is CN[C@@](C)(CO[C@H]1[C@H](OC(C)=O)C[C@@]23COCC1(C)[C@@H]2CC[C@H]1C3=CC[C@@]2(C)[C@H](C(=O)O)[C@@](C)([C@H](C)C(C)C)CC[C@]12C)C(C)C. The zero-order valence-electron chi connectivity index (χ0n) is 31.0. The Bertz CT molecular complexity index is 1230. The summed E-state index contributed by atoms with van der Waals surface area (Å²) in [6.07, 6.45) is 7.31. The Labute approximate surface area is 279 Å². The van der Waals surface area contributed by atoms with Crippen molar-refractivity contribution in [1.29, 1.82) is 0 Å². The predicted octanol–water partition coefficient (Wildman–Crippen LogP) is 7.53. The van der Waals surface area contributed by atoms with Crippen LogP contribution in [0.25, 0.3) is 0 Å². The van der Waals surface area contributed by atoms with Gasteiger partial charge in [0.15, 0.2) is 0 Å². The molecule has 0 radical (unpaired) electrons. The summed E-state index contributed by atoms with van der Waals surface area (Å²) < 4.78 is 19.7. The first-order valence-electron chi connectivity index (χ1n) is 18.3. The third-order valence-corrected chi connectivity index (χ3v) is 15.8. The van der Waals surface area contributed by atoms with Crippen molar-refractivity contribution in [3.05, 3.63) is 11.6 Å². The minimum Gasteiger partial charge on any atom is -0.481 e. The average molecular weight is 644 g/mol. The van der Waals surface area contributed by atoms with Gasteiger partial charge in [0, 0.05) is 23.3 Å². The molecule has 12 atom stereocenters. The molecule has 1 aliphatic heterocycles. The molecule has 5 rings (SSSR count). The van der Waals surface area contributed by atoms with Crippen LogP contribution in [0.2, 0.25) is 0 Å². The van der Waals surface area contributed by atoms with E-state index in [1.165, 1.54) is 12.5 Å². The van der Waals surface area contributed by atoms with Gasteiger partial charge in [0.05, 0.1) is 25.7 Å². The number of allylic oxidation sites excluding steroid dienone is 1. The highest BCUT2D eigenvalue weighted by atomic mass is 16.6. The number of likely N-dealkylation sites (N-methyl/N-ethyl adjacent to an activating group) is 1. The molecule has 46 heavy (non-hydrogen) atoms. The van der Waals surface area contributed by atoms with Gasteiger partial charge in [0.1, 0.15) is 12.2 Å². The monoisotopic (exact) mass is 643 g/mol. The minimum absolute atomic E-state index is 0.153. The van der Waals surface area contributed by atoms with Gasteiger partial charge in [0.25, 0.3) is 0 Å². The van der Waals surface area contributed by atoms with Gasteiger partial charge in [-0.05, 0) is 98.3 Å². The molecular weight excluding hydrogens is 578 g/mol. The van der Waals surface area contributed by atoms with E-state index < -0.39 is 11.9 Å². The second-order valence-corrected chi connectivity index (χ2v) is 18.3. The van der Waals surface area contributed by atoms with Gasteiger partial charge in [-0.25, -0.2) is 0 Å². The summed E-state index contributed by atoms with van der Waals surface area (Å²) in [5.41, 5.74) is -0.123. The van der Waals surface area contributed by atoms with Gasteiger partial charge < -0.3 is 24.6 Å². The highest BCUT2D eigenvalue weighted by Crippen LogP contribution is 2.75. The number of carbonyl (C=O) groups excluding carboxylic acids is 1. The van der Waals surface area contributed by atoms with Crippen LogP contribution in [-0.4, -0.2) is 61.7 Å². The molecule has 0 aromatic rings. The summed E-state index contributed by atoms with van der Waals surface area (Å²) in [5.74, 6) is 0.377. The number of aliphatic carboxylic acids is 1. The fourth-order valence-corrected chi connectivity index (χ4v) is 12.0. The van der Waals surface area contributed by atoms with Crippen LogP contribution in [0.4, 0.5) is 0 Å². The normalized spacial score (nSPS) is 45.5. The highest BCUT2D eigenvalue weighted by molar-refractivity contribution is 5.73. The highest BCUT2D eigenvalue weighted by Gasteiger charge is 2.72. The molecule has 2 N–H and O–H groups in total. The maximum absolute atomic E-state index is 13.4. The molecule has 4 fully saturated rings. The number of carboxylic acid groups (broad SMARTS) is 1. The largest absolute Gasteiger partial charge is 0.481 e. The molecule has 0 aromatic carbocycles. The molecule has 0 spiro atoms. The lowest BCUT2D eigenvalue weighted by Gasteiger charge is -2.71. The van der Waals surface area contributed by atoms with Gasteiger partial charge in [0.2, 0.25) is 0 Å². The minimum atomic E-state index is -0.636. The number of nitrogens with one attached hydrogen (secondary N) is 1. The van der Waals surface area contributed by atoms with Crippen LogP contribution in [0.15, 0.2) is 11.6 Å². The zero-order chi connectivity index (χ0) is 34.3. The third kappa shape index (κ3) is 4.97. The van der Waals surface area contributed by atoms with Gasteiger partial charge >= 0.3 is 11.9 Å². The van der Waals surface area contributed by atoms with Crippen molar-refractivity contribution in [1.82, 2.24) is 5.32 Å². The lowest BCUT2D eigenvalue weighted by Crippen LogP contribution is -2.70. The van der Waals surface area contributed by atoms with E-state index in [-0.39, 0.29) is 56.7 Å². The van der Waals surface area contributed by atoms with E-state index in [0.29, 0.717) is 49.9 Å². The summed E-state index contributed by atoms with van der Waals surface area (Å²) in [4.78, 5) is 26.0. The second-order valence-electron chi connectivity index (χ2n) is 18.3. The lowest BCUT2D eigenvalue weighted by atomic mass is 9.34. The summed E-state index contributed by atoms with van der Waals surface area (Å²) in [5, 5.41) is 14.5. The summed E-state index contributed by atoms with van der Waals surface area (Å²) >= 11 is 0. The van der Waals surface area contributed by atoms with E-state index in [1.807, 2.05) is 7.05 Å². The van der Waals surface area contributed by atoms with Crippen LogP contribution in [0, 0.1) is 62.6 Å². The maximum Gasteiger partial charge on any atom is 0.307 e. The van der Waals surface area contributed by atoms with Crippen molar-refractivity contribution in [2.45, 2.75) is 132 Å². The van der Waals surface area contributed by atoms with Crippen molar-refractivity contribution in [3.63, 3.8) is 0 Å². The Hall–Kier alpha value is -1.44. The quantitative estimate of drug-likeness (QED) is 0.198. The fourth-order valence-electron chi connectivity index (χ4n) is 12.0. The standard InChI is InChI=1S/C39H65NO6/c1-23(2)25(5)34(7)17-18-36(9)27-13-14-30-35(8)20-44-22-39(30,28(27)15-16-37(36,10)31(34)33(42)43)19-29(46-26(6)41)32(35)45-21-38(11,40-12)24(3)4/h15,23-25,27,29-32,40H,13-14,16-22H2,1-12H3,(H,42,43)/t25-,27+,29-,30+,31-,32+,34-,35?,36-,37+,38+,39+/m1/s1. The number of hydrogen-bond donors (Lipinski definition) is 2. The van der Waals surface area contributed by atoms with E-state index in [0.717, 1.165) is 32.1 Å². The Morgan fingerprint density at radius 1 is 1.07 bits per heavy atom. The van der Waals surface area contributed by atoms with E-state index >= 15 is 0 Å². The molecule has 2 bridgehead atoms. The summed E-state index contributed by atoms with van der Waals surface area (Å²) in [6, 6.07) is 0. The summed E-state index contributed by atoms with van der Waals surface area (Å²) in [6.45, 7) is 25.9. The maximum atomic E-state index is 13.4. The van der Waals surface area contributed by atoms with Crippen LogP contribution in [0.1, 0.15) is 115 Å².